The molecule has 1 aromatic rings. The van der Waals surface area contributed by atoms with Crippen molar-refractivity contribution in [3.8, 4) is 0 Å². The van der Waals surface area contributed by atoms with Gasteiger partial charge in [0.15, 0.2) is 5.03 Å². The van der Waals surface area contributed by atoms with Crippen molar-refractivity contribution in [2.45, 2.75) is 102 Å². The molecule has 44 heavy (non-hydrogen) atoms. The van der Waals surface area contributed by atoms with Crippen LogP contribution in [0.3, 0.4) is 0 Å². The zero-order valence-electron chi connectivity index (χ0n) is 26.4. The van der Waals surface area contributed by atoms with Crippen LogP contribution in [0.25, 0.3) is 0 Å². The minimum Gasteiger partial charge on any atom is -0.404 e. The highest BCUT2D eigenvalue weighted by atomic mass is 32.2. The second kappa shape index (κ2) is 13.5. The van der Waals surface area contributed by atoms with E-state index in [9.17, 15) is 19.7 Å². The Morgan fingerprint density at radius 2 is 1.95 bits per heavy atom. The van der Waals surface area contributed by atoms with Crippen LogP contribution in [0.4, 0.5) is 0 Å². The number of nitro groups is 1. The van der Waals surface area contributed by atoms with E-state index in [0.29, 0.717) is 43.4 Å². The SMILES string of the molecule is CC(C)C[C@H](NC(=O)[C@H](CCCNC1NN1[N+](=O)[O-])NC(=O)CSCc1ccccc1)B1O[C@@H]2C[C@@H]3C[C@@H](C3(C)C)[C@]2(C)O1. The Hall–Kier alpha value is -2.39. The normalized spacial score (nSPS) is 29.4. The summed E-state index contributed by atoms with van der Waals surface area (Å²) in [6.45, 7) is 11.5. The van der Waals surface area contributed by atoms with Crippen molar-refractivity contribution in [1.29, 1.82) is 0 Å². The first-order valence-electron chi connectivity index (χ1n) is 15.9. The molecule has 5 aliphatic rings. The smallest absolute Gasteiger partial charge is 0.404 e. The van der Waals surface area contributed by atoms with Crippen LogP contribution < -0.4 is 21.4 Å². The van der Waals surface area contributed by atoms with Gasteiger partial charge in [-0.25, -0.2) is 10.1 Å². The number of amides is 2. The molecule has 4 N–H and O–H groups in total. The molecule has 14 heteroatoms. The summed E-state index contributed by atoms with van der Waals surface area (Å²) >= 11 is 1.50. The van der Waals surface area contributed by atoms with Crippen molar-refractivity contribution in [3.63, 3.8) is 0 Å². The molecule has 7 atom stereocenters. The minimum atomic E-state index is -0.763. The molecule has 0 radical (unpaired) electrons. The van der Waals surface area contributed by atoms with Gasteiger partial charge in [-0.3, -0.25) is 14.9 Å². The first-order valence-corrected chi connectivity index (χ1v) is 17.0. The van der Waals surface area contributed by atoms with Gasteiger partial charge in [0.05, 0.1) is 23.4 Å². The number of nitrogens with zero attached hydrogens (tertiary/aromatic N) is 2. The first-order chi connectivity index (χ1) is 20.9. The number of benzene rings is 1. The molecule has 0 spiro atoms. The number of nitrogens with one attached hydrogen (secondary N) is 4. The van der Waals surface area contributed by atoms with E-state index < -0.39 is 24.5 Å². The molecule has 2 bridgehead atoms. The third-order valence-corrected chi connectivity index (χ3v) is 11.0. The fraction of sp³-hybridized carbons (Fsp3) is 0.733. The Kier molecular flexibility index (Phi) is 10.2. The van der Waals surface area contributed by atoms with Gasteiger partial charge >= 0.3 is 7.12 Å². The standard InChI is InChI=1S/C30H47BN6O6S/c1-19(2)14-25(31-42-24-16-21-15-23(29(21,3)4)30(24,5)43-31)34-27(39)22(12-9-13-32-28-35-36(28)37(40)41)33-26(38)18-44-17-20-10-7-6-8-11-20/h6-8,10-11,19,21-25,28,32,35H,9,12-18H2,1-5H3,(H,33,38)(H,34,39)/t21-,22-,23-,24+,25-,28?,30-,36?/m0/s1. The molecule has 1 aromatic carbocycles. The van der Waals surface area contributed by atoms with Crippen molar-refractivity contribution < 1.29 is 23.9 Å². The Bertz CT molecular complexity index is 1200. The van der Waals surface area contributed by atoms with Crippen LogP contribution in [0.1, 0.15) is 72.3 Å². The summed E-state index contributed by atoms with van der Waals surface area (Å²) in [5.74, 6) is 1.41. The maximum atomic E-state index is 13.8. The molecule has 2 aliphatic heterocycles. The lowest BCUT2D eigenvalue weighted by Crippen LogP contribution is -2.65. The van der Waals surface area contributed by atoms with Crippen LogP contribution in [0.15, 0.2) is 30.3 Å². The number of rotatable bonds is 16. The van der Waals surface area contributed by atoms with Gasteiger partial charge in [0, 0.05) is 5.75 Å². The third-order valence-electron chi connectivity index (χ3n) is 9.96. The van der Waals surface area contributed by atoms with Crippen LogP contribution in [0.2, 0.25) is 0 Å². The Labute approximate surface area is 264 Å². The Balaban J connectivity index is 1.20. The van der Waals surface area contributed by atoms with Crippen molar-refractivity contribution in [2.24, 2.45) is 23.2 Å². The molecule has 6 rings (SSSR count). The number of hydrogen-bond acceptors (Lipinski definition) is 9. The molecular weight excluding hydrogens is 583 g/mol. The summed E-state index contributed by atoms with van der Waals surface area (Å²) in [5, 5.41) is 20.4. The Morgan fingerprint density at radius 1 is 1.20 bits per heavy atom. The molecular formula is C30H47BN6O6S. The highest BCUT2D eigenvalue weighted by molar-refractivity contribution is 7.99. The fourth-order valence-corrected chi connectivity index (χ4v) is 8.15. The average Bonchev–Trinajstić information content (AvgIpc) is 3.66. The van der Waals surface area contributed by atoms with Crippen molar-refractivity contribution >= 4 is 30.7 Å². The number of carbonyl (C=O) groups excluding carboxylic acids is 2. The van der Waals surface area contributed by atoms with Gasteiger partial charge in [0.2, 0.25) is 18.1 Å². The van der Waals surface area contributed by atoms with Gasteiger partial charge < -0.3 is 19.9 Å². The lowest BCUT2D eigenvalue weighted by Gasteiger charge is -2.64. The number of thioether (sulfide) groups is 1. The van der Waals surface area contributed by atoms with Crippen LogP contribution in [0.5, 0.6) is 0 Å². The molecule has 1 unspecified atom stereocenters. The minimum absolute atomic E-state index is 0.00816. The quantitative estimate of drug-likeness (QED) is 0.0704. The molecule has 3 saturated carbocycles. The van der Waals surface area contributed by atoms with Gasteiger partial charge in [0.1, 0.15) is 6.04 Å². The lowest BCUT2D eigenvalue weighted by molar-refractivity contribution is -0.627. The molecule has 2 saturated heterocycles. The van der Waals surface area contributed by atoms with Gasteiger partial charge in [-0.1, -0.05) is 58.0 Å². The monoisotopic (exact) mass is 630 g/mol. The van der Waals surface area contributed by atoms with E-state index in [4.69, 9.17) is 9.31 Å². The van der Waals surface area contributed by atoms with Gasteiger partial charge in [-0.2, -0.15) is 0 Å². The van der Waals surface area contributed by atoms with E-state index in [0.717, 1.165) is 23.5 Å². The zero-order valence-corrected chi connectivity index (χ0v) is 27.2. The van der Waals surface area contributed by atoms with E-state index in [-0.39, 0.29) is 46.5 Å². The highest BCUT2D eigenvalue weighted by Gasteiger charge is 2.68. The summed E-state index contributed by atoms with van der Waals surface area (Å²) in [6, 6.07) is 9.17. The topological polar surface area (TPSA) is 157 Å². The summed E-state index contributed by atoms with van der Waals surface area (Å²) in [7, 11) is -0.556. The second-order valence-electron chi connectivity index (χ2n) is 13.9. The fourth-order valence-electron chi connectivity index (χ4n) is 7.35. The van der Waals surface area contributed by atoms with Crippen LogP contribution in [0, 0.1) is 33.3 Å². The largest absolute Gasteiger partial charge is 0.481 e. The third kappa shape index (κ3) is 7.36. The second-order valence-corrected chi connectivity index (χ2v) is 14.9. The molecule has 3 aliphatic carbocycles. The van der Waals surface area contributed by atoms with E-state index in [1.807, 2.05) is 30.3 Å². The Morgan fingerprint density at radius 3 is 2.61 bits per heavy atom. The molecule has 12 nitrogen and oxygen atoms in total. The van der Waals surface area contributed by atoms with Crippen LogP contribution in [-0.2, 0) is 24.7 Å². The molecule has 5 fully saturated rings. The summed E-state index contributed by atoms with van der Waals surface area (Å²) in [4.78, 5) is 37.6. The van der Waals surface area contributed by atoms with E-state index in [2.05, 4.69) is 56.0 Å². The average molecular weight is 631 g/mol. The predicted octanol–water partition coefficient (Wildman–Crippen LogP) is 2.87. The lowest BCUT2D eigenvalue weighted by atomic mass is 9.43. The first kappa shape index (κ1) is 33.0. The predicted molar refractivity (Wildman–Crippen MR) is 169 cm³/mol. The van der Waals surface area contributed by atoms with Crippen LogP contribution >= 0.6 is 11.8 Å². The van der Waals surface area contributed by atoms with Gasteiger partial charge in [0.25, 0.3) is 0 Å². The van der Waals surface area contributed by atoms with Gasteiger partial charge in [-0.05, 0) is 79.4 Å². The number of hydrogen-bond donors (Lipinski definition) is 4. The number of carbonyl (C=O) groups is 2. The summed E-state index contributed by atoms with van der Waals surface area (Å²) < 4.78 is 13.3. The van der Waals surface area contributed by atoms with Crippen molar-refractivity contribution in [2.75, 3.05) is 12.3 Å². The maximum absolute atomic E-state index is 13.8. The van der Waals surface area contributed by atoms with E-state index >= 15 is 0 Å². The molecule has 2 amide bonds. The van der Waals surface area contributed by atoms with Crippen LogP contribution in [-0.4, -0.2) is 71.4 Å². The molecule has 242 valence electrons. The highest BCUT2D eigenvalue weighted by Crippen LogP contribution is 2.65. The molecule has 0 aromatic heterocycles. The van der Waals surface area contributed by atoms with Gasteiger partial charge in [-0.15, -0.1) is 17.2 Å². The maximum Gasteiger partial charge on any atom is 0.481 e. The van der Waals surface area contributed by atoms with E-state index in [1.165, 1.54) is 11.8 Å². The molecule has 2 heterocycles. The van der Waals surface area contributed by atoms with Crippen molar-refractivity contribution in [1.82, 2.24) is 26.5 Å². The summed E-state index contributed by atoms with van der Waals surface area (Å²) in [5.41, 5.74) is 3.57. The zero-order chi connectivity index (χ0) is 31.6. The number of hydrazine groups is 2. The summed E-state index contributed by atoms with van der Waals surface area (Å²) in [6.07, 6.45) is 3.17. The van der Waals surface area contributed by atoms with Crippen molar-refractivity contribution in [3.05, 3.63) is 46.0 Å². The van der Waals surface area contributed by atoms with E-state index in [1.54, 1.807) is 0 Å².